The molecule has 1 fully saturated rings. The summed E-state index contributed by atoms with van der Waals surface area (Å²) in [6, 6.07) is 8.24. The molecule has 2 heterocycles. The highest BCUT2D eigenvalue weighted by Gasteiger charge is 2.31. The molecule has 0 saturated carbocycles. The molecule has 1 saturated heterocycles. The number of hydrogen-bond donors (Lipinski definition) is 0. The Morgan fingerprint density at radius 1 is 1.15 bits per heavy atom. The normalized spacial score (nSPS) is 16.6. The molecule has 140 valence electrons. The van der Waals surface area contributed by atoms with Crippen LogP contribution in [0.1, 0.15) is 41.9 Å². The Hall–Kier alpha value is -2.19. The quantitative estimate of drug-likeness (QED) is 0.799. The molecule has 0 N–H and O–H groups in total. The molecule has 0 spiro atoms. The Kier molecular flexibility index (Phi) is 5.15. The SMILES string of the molecule is CC(c1ccc(F)cc1)N(C)C(=O)c1ccc(S(=O)(=O)N2CCCC2)o1. The van der Waals surface area contributed by atoms with Gasteiger partial charge in [-0.1, -0.05) is 12.1 Å². The molecule has 8 heteroatoms. The van der Waals surface area contributed by atoms with Crippen molar-refractivity contribution in [2.24, 2.45) is 0 Å². The highest BCUT2D eigenvalue weighted by atomic mass is 32.2. The van der Waals surface area contributed by atoms with Crippen molar-refractivity contribution < 1.29 is 22.0 Å². The van der Waals surface area contributed by atoms with Crippen LogP contribution in [0, 0.1) is 5.82 Å². The third kappa shape index (κ3) is 3.52. The molecule has 3 rings (SSSR count). The second-order valence-corrected chi connectivity index (χ2v) is 8.24. The minimum Gasteiger partial charge on any atom is -0.438 e. The van der Waals surface area contributed by atoms with Crippen LogP contribution in [0.25, 0.3) is 0 Å². The van der Waals surface area contributed by atoms with Gasteiger partial charge in [0.25, 0.3) is 15.9 Å². The van der Waals surface area contributed by atoms with Crippen molar-refractivity contribution in [3.63, 3.8) is 0 Å². The number of hydrogen-bond acceptors (Lipinski definition) is 4. The summed E-state index contributed by atoms with van der Waals surface area (Å²) in [7, 11) is -2.11. The van der Waals surface area contributed by atoms with E-state index in [0.717, 1.165) is 18.4 Å². The van der Waals surface area contributed by atoms with Crippen LogP contribution in [-0.2, 0) is 10.0 Å². The molecule has 2 aromatic rings. The molecule has 0 radical (unpaired) electrons. The maximum Gasteiger partial charge on any atom is 0.289 e. The predicted molar refractivity (Wildman–Crippen MR) is 93.6 cm³/mol. The van der Waals surface area contributed by atoms with Gasteiger partial charge in [0.1, 0.15) is 5.82 Å². The van der Waals surface area contributed by atoms with Crippen LogP contribution in [0.4, 0.5) is 4.39 Å². The van der Waals surface area contributed by atoms with Crippen molar-refractivity contribution in [3.8, 4) is 0 Å². The summed E-state index contributed by atoms with van der Waals surface area (Å²) in [5.41, 5.74) is 0.763. The van der Waals surface area contributed by atoms with E-state index < -0.39 is 15.9 Å². The molecule has 1 amide bonds. The summed E-state index contributed by atoms with van der Waals surface area (Å²) >= 11 is 0. The van der Waals surface area contributed by atoms with E-state index in [1.54, 1.807) is 26.1 Å². The third-order valence-electron chi connectivity index (χ3n) is 4.71. The van der Waals surface area contributed by atoms with Gasteiger partial charge < -0.3 is 9.32 Å². The minimum atomic E-state index is -3.70. The Labute approximate surface area is 152 Å². The number of benzene rings is 1. The van der Waals surface area contributed by atoms with E-state index >= 15 is 0 Å². The molecule has 1 aliphatic rings. The number of carbonyl (C=O) groups excluding carboxylic acids is 1. The number of furan rings is 1. The molecule has 1 aromatic heterocycles. The Bertz CT molecular complexity index is 886. The number of amides is 1. The van der Waals surface area contributed by atoms with Crippen LogP contribution in [0.15, 0.2) is 45.9 Å². The third-order valence-corrected chi connectivity index (χ3v) is 6.48. The zero-order chi connectivity index (χ0) is 18.9. The van der Waals surface area contributed by atoms with Gasteiger partial charge in [0.05, 0.1) is 6.04 Å². The fourth-order valence-corrected chi connectivity index (χ4v) is 4.37. The molecule has 0 aliphatic carbocycles. The summed E-state index contributed by atoms with van der Waals surface area (Å²) in [5, 5.41) is -0.217. The van der Waals surface area contributed by atoms with Crippen molar-refractivity contribution >= 4 is 15.9 Å². The average Bonchev–Trinajstić information content (AvgIpc) is 3.32. The highest BCUT2D eigenvalue weighted by molar-refractivity contribution is 7.89. The second kappa shape index (κ2) is 7.20. The first-order valence-corrected chi connectivity index (χ1v) is 9.87. The summed E-state index contributed by atoms with van der Waals surface area (Å²) in [6.07, 6.45) is 1.65. The highest BCUT2D eigenvalue weighted by Crippen LogP contribution is 2.25. The van der Waals surface area contributed by atoms with Gasteiger partial charge >= 0.3 is 0 Å². The van der Waals surface area contributed by atoms with E-state index in [4.69, 9.17) is 4.42 Å². The van der Waals surface area contributed by atoms with Crippen molar-refractivity contribution in [2.75, 3.05) is 20.1 Å². The lowest BCUT2D eigenvalue weighted by molar-refractivity contribution is 0.0704. The van der Waals surface area contributed by atoms with Gasteiger partial charge in [0, 0.05) is 20.1 Å². The fraction of sp³-hybridized carbons (Fsp3) is 0.389. The zero-order valence-corrected chi connectivity index (χ0v) is 15.5. The van der Waals surface area contributed by atoms with Gasteiger partial charge in [-0.3, -0.25) is 4.79 Å². The van der Waals surface area contributed by atoms with Crippen LogP contribution in [0.5, 0.6) is 0 Å². The van der Waals surface area contributed by atoms with Crippen LogP contribution in [0.2, 0.25) is 0 Å². The monoisotopic (exact) mass is 380 g/mol. The first-order chi connectivity index (χ1) is 12.3. The topological polar surface area (TPSA) is 70.8 Å². The van der Waals surface area contributed by atoms with Crippen molar-refractivity contribution in [1.82, 2.24) is 9.21 Å². The van der Waals surface area contributed by atoms with E-state index in [0.29, 0.717) is 13.1 Å². The minimum absolute atomic E-state index is 0.0424. The molecule has 1 atom stereocenters. The smallest absolute Gasteiger partial charge is 0.289 e. The van der Waals surface area contributed by atoms with E-state index in [1.165, 1.54) is 33.5 Å². The molecule has 1 unspecified atom stereocenters. The molecular formula is C18H21FN2O4S. The maximum absolute atomic E-state index is 13.1. The van der Waals surface area contributed by atoms with Gasteiger partial charge in [-0.05, 0) is 49.6 Å². The molecule has 26 heavy (non-hydrogen) atoms. The zero-order valence-electron chi connectivity index (χ0n) is 14.7. The lowest BCUT2D eigenvalue weighted by Crippen LogP contribution is -2.29. The molecule has 6 nitrogen and oxygen atoms in total. The van der Waals surface area contributed by atoms with Crippen LogP contribution < -0.4 is 0 Å². The lowest BCUT2D eigenvalue weighted by atomic mass is 10.1. The number of halogens is 1. The average molecular weight is 380 g/mol. The number of nitrogens with zero attached hydrogens (tertiary/aromatic N) is 2. The van der Waals surface area contributed by atoms with E-state index in [2.05, 4.69) is 0 Å². The number of carbonyl (C=O) groups is 1. The predicted octanol–water partition coefficient (Wildman–Crippen LogP) is 3.04. The van der Waals surface area contributed by atoms with Crippen LogP contribution in [0.3, 0.4) is 0 Å². The lowest BCUT2D eigenvalue weighted by Gasteiger charge is -2.24. The van der Waals surface area contributed by atoms with Gasteiger partial charge in [-0.2, -0.15) is 4.31 Å². The van der Waals surface area contributed by atoms with Crippen LogP contribution in [-0.4, -0.2) is 43.7 Å². The Balaban J connectivity index is 1.77. The fourth-order valence-electron chi connectivity index (χ4n) is 2.94. The van der Waals surface area contributed by atoms with E-state index in [-0.39, 0.29) is 22.7 Å². The van der Waals surface area contributed by atoms with E-state index in [9.17, 15) is 17.6 Å². The maximum atomic E-state index is 13.1. The van der Waals surface area contributed by atoms with Gasteiger partial charge in [0.15, 0.2) is 5.76 Å². The van der Waals surface area contributed by atoms with Crippen LogP contribution >= 0.6 is 0 Å². The summed E-state index contributed by atoms with van der Waals surface area (Å²) < 4.78 is 44.8. The van der Waals surface area contributed by atoms with Crippen molar-refractivity contribution in [1.29, 1.82) is 0 Å². The Morgan fingerprint density at radius 2 is 1.77 bits per heavy atom. The molecular weight excluding hydrogens is 359 g/mol. The summed E-state index contributed by atoms with van der Waals surface area (Å²) in [6.45, 7) is 2.73. The molecule has 1 aromatic carbocycles. The van der Waals surface area contributed by atoms with E-state index in [1.807, 2.05) is 0 Å². The first-order valence-electron chi connectivity index (χ1n) is 8.43. The Morgan fingerprint density at radius 3 is 2.38 bits per heavy atom. The second-order valence-electron chi connectivity index (χ2n) is 6.37. The number of sulfonamides is 1. The summed E-state index contributed by atoms with van der Waals surface area (Å²) in [4.78, 5) is 14.1. The van der Waals surface area contributed by atoms with Gasteiger partial charge in [-0.25, -0.2) is 12.8 Å². The first kappa shape index (κ1) is 18.6. The molecule has 0 bridgehead atoms. The van der Waals surface area contributed by atoms with Crippen molar-refractivity contribution in [3.05, 3.63) is 53.5 Å². The molecule has 1 aliphatic heterocycles. The number of rotatable bonds is 5. The van der Waals surface area contributed by atoms with Gasteiger partial charge in [0.2, 0.25) is 5.09 Å². The summed E-state index contributed by atoms with van der Waals surface area (Å²) in [5.74, 6) is -0.832. The van der Waals surface area contributed by atoms with Crippen molar-refractivity contribution in [2.45, 2.75) is 30.9 Å². The largest absolute Gasteiger partial charge is 0.438 e. The standard InChI is InChI=1S/C18H21FN2O4S/c1-13(14-5-7-15(19)8-6-14)20(2)18(22)16-9-10-17(25-16)26(23,24)21-11-3-4-12-21/h5-10,13H,3-4,11-12H2,1-2H3. The van der Waals surface area contributed by atoms with Gasteiger partial charge in [-0.15, -0.1) is 0 Å².